The SMILES string of the molecule is CCOCCn1c(=NC(=O)C2COc3ccccc3O2)sc2cccc(OC)c21. The first-order chi connectivity index (χ1) is 14.2. The van der Waals surface area contributed by atoms with E-state index in [4.69, 9.17) is 18.9 Å². The highest BCUT2D eigenvalue weighted by atomic mass is 32.1. The van der Waals surface area contributed by atoms with Crippen molar-refractivity contribution in [3.63, 3.8) is 0 Å². The van der Waals surface area contributed by atoms with E-state index in [0.717, 1.165) is 16.0 Å². The number of hydrogen-bond donors (Lipinski definition) is 0. The van der Waals surface area contributed by atoms with Crippen LogP contribution in [0.15, 0.2) is 47.5 Å². The normalized spacial score (nSPS) is 16.2. The molecule has 1 aliphatic rings. The molecule has 0 aliphatic carbocycles. The number of ether oxygens (including phenoxy) is 4. The fraction of sp³-hybridized carbons (Fsp3) is 0.333. The number of methoxy groups -OCH3 is 1. The average Bonchev–Trinajstić information content (AvgIpc) is 3.10. The first kappa shape index (κ1) is 19.5. The van der Waals surface area contributed by atoms with Gasteiger partial charge in [0.05, 0.1) is 18.4 Å². The van der Waals surface area contributed by atoms with E-state index < -0.39 is 6.10 Å². The van der Waals surface area contributed by atoms with Crippen LogP contribution in [0.5, 0.6) is 17.2 Å². The van der Waals surface area contributed by atoms with Crippen molar-refractivity contribution in [2.24, 2.45) is 4.99 Å². The van der Waals surface area contributed by atoms with Crippen LogP contribution in [0.3, 0.4) is 0 Å². The zero-order valence-electron chi connectivity index (χ0n) is 16.3. The number of rotatable bonds is 6. The van der Waals surface area contributed by atoms with E-state index in [1.165, 1.54) is 11.3 Å². The van der Waals surface area contributed by atoms with E-state index in [-0.39, 0.29) is 12.5 Å². The molecule has 0 saturated carbocycles. The molecule has 2 aromatic carbocycles. The number of thiazole rings is 1. The number of aromatic nitrogens is 1. The molecular formula is C21H22N2O5S. The predicted octanol–water partition coefficient (Wildman–Crippen LogP) is 3.02. The van der Waals surface area contributed by atoms with Gasteiger partial charge in [0.15, 0.2) is 16.3 Å². The molecule has 1 amide bonds. The van der Waals surface area contributed by atoms with Crippen molar-refractivity contribution in [3.8, 4) is 17.2 Å². The third-order valence-electron chi connectivity index (χ3n) is 4.54. The van der Waals surface area contributed by atoms with Crippen molar-refractivity contribution in [3.05, 3.63) is 47.3 Å². The van der Waals surface area contributed by atoms with Gasteiger partial charge in [0, 0.05) is 13.2 Å². The number of carbonyl (C=O) groups is 1. The number of nitrogens with zero attached hydrogens (tertiary/aromatic N) is 2. The van der Waals surface area contributed by atoms with Crippen LogP contribution in [-0.4, -0.2) is 43.5 Å². The summed E-state index contributed by atoms with van der Waals surface area (Å²) in [6.45, 7) is 3.78. The van der Waals surface area contributed by atoms with Gasteiger partial charge in [-0.25, -0.2) is 0 Å². The van der Waals surface area contributed by atoms with Crippen molar-refractivity contribution in [1.82, 2.24) is 4.57 Å². The molecule has 7 nitrogen and oxygen atoms in total. The highest BCUT2D eigenvalue weighted by Gasteiger charge is 2.27. The van der Waals surface area contributed by atoms with Crippen molar-refractivity contribution in [1.29, 1.82) is 0 Å². The smallest absolute Gasteiger partial charge is 0.292 e. The molecule has 0 radical (unpaired) electrons. The number of fused-ring (bicyclic) bond motifs is 2. The Morgan fingerprint density at radius 2 is 2.07 bits per heavy atom. The maximum absolute atomic E-state index is 12.8. The second-order valence-corrected chi connectivity index (χ2v) is 7.36. The Morgan fingerprint density at radius 1 is 1.24 bits per heavy atom. The summed E-state index contributed by atoms with van der Waals surface area (Å²) in [6.07, 6.45) is -0.780. The molecule has 0 fully saturated rings. The summed E-state index contributed by atoms with van der Waals surface area (Å²) >= 11 is 1.43. The number of hydrogen-bond acceptors (Lipinski definition) is 6. The standard InChI is InChI=1S/C21H22N2O5S/c1-3-26-12-11-23-19-16(25-2)9-6-10-18(19)29-21(23)22-20(24)17-13-27-14-7-4-5-8-15(14)28-17/h4-10,17H,3,11-13H2,1-2H3. The maximum Gasteiger partial charge on any atom is 0.292 e. The summed E-state index contributed by atoms with van der Waals surface area (Å²) in [5.41, 5.74) is 0.900. The van der Waals surface area contributed by atoms with E-state index in [1.807, 2.05) is 47.9 Å². The molecule has 152 valence electrons. The number of benzene rings is 2. The van der Waals surface area contributed by atoms with Gasteiger partial charge in [-0.1, -0.05) is 29.5 Å². The molecule has 1 atom stereocenters. The number of para-hydroxylation sites is 3. The lowest BCUT2D eigenvalue weighted by Gasteiger charge is -2.23. The molecule has 1 aliphatic heterocycles. The van der Waals surface area contributed by atoms with Gasteiger partial charge in [-0.15, -0.1) is 0 Å². The van der Waals surface area contributed by atoms with E-state index in [9.17, 15) is 4.79 Å². The maximum atomic E-state index is 12.8. The minimum atomic E-state index is -0.780. The summed E-state index contributed by atoms with van der Waals surface area (Å²) in [5.74, 6) is 1.54. The molecule has 8 heteroatoms. The third kappa shape index (κ3) is 3.99. The molecule has 3 aromatic rings. The molecule has 1 unspecified atom stereocenters. The van der Waals surface area contributed by atoms with E-state index in [2.05, 4.69) is 4.99 Å². The van der Waals surface area contributed by atoms with Gasteiger partial charge in [0.1, 0.15) is 17.9 Å². The van der Waals surface area contributed by atoms with Gasteiger partial charge in [0.2, 0.25) is 6.10 Å². The van der Waals surface area contributed by atoms with E-state index in [0.29, 0.717) is 36.1 Å². The fourth-order valence-electron chi connectivity index (χ4n) is 3.16. The summed E-state index contributed by atoms with van der Waals surface area (Å²) < 4.78 is 25.4. The van der Waals surface area contributed by atoms with E-state index >= 15 is 0 Å². The van der Waals surface area contributed by atoms with Crippen LogP contribution in [0.2, 0.25) is 0 Å². The summed E-state index contributed by atoms with van der Waals surface area (Å²) in [6, 6.07) is 13.1. The van der Waals surface area contributed by atoms with Gasteiger partial charge >= 0.3 is 0 Å². The van der Waals surface area contributed by atoms with E-state index in [1.54, 1.807) is 13.2 Å². The van der Waals surface area contributed by atoms with Crippen LogP contribution in [-0.2, 0) is 16.1 Å². The van der Waals surface area contributed by atoms with Gasteiger partial charge in [-0.05, 0) is 31.2 Å². The van der Waals surface area contributed by atoms with Crippen LogP contribution >= 0.6 is 11.3 Å². The molecule has 0 saturated heterocycles. The molecule has 2 heterocycles. The Hall–Kier alpha value is -2.84. The Labute approximate surface area is 172 Å². The number of carbonyl (C=O) groups excluding carboxylic acids is 1. The predicted molar refractivity (Wildman–Crippen MR) is 110 cm³/mol. The minimum Gasteiger partial charge on any atom is -0.495 e. The molecular weight excluding hydrogens is 392 g/mol. The highest BCUT2D eigenvalue weighted by Crippen LogP contribution is 2.31. The summed E-state index contributed by atoms with van der Waals surface area (Å²) in [4.78, 5) is 17.8. The molecule has 0 N–H and O–H groups in total. The Balaban J connectivity index is 1.69. The first-order valence-electron chi connectivity index (χ1n) is 9.42. The largest absolute Gasteiger partial charge is 0.495 e. The number of amides is 1. The van der Waals surface area contributed by atoms with Gasteiger partial charge in [-0.2, -0.15) is 4.99 Å². The van der Waals surface area contributed by atoms with Crippen LogP contribution in [0.1, 0.15) is 6.92 Å². The van der Waals surface area contributed by atoms with Crippen molar-refractivity contribution in [2.45, 2.75) is 19.6 Å². The van der Waals surface area contributed by atoms with Crippen LogP contribution < -0.4 is 19.0 Å². The average molecular weight is 414 g/mol. The lowest BCUT2D eigenvalue weighted by Crippen LogP contribution is -2.37. The Morgan fingerprint density at radius 3 is 2.86 bits per heavy atom. The second-order valence-electron chi connectivity index (χ2n) is 6.35. The lowest BCUT2D eigenvalue weighted by atomic mass is 10.2. The second kappa shape index (κ2) is 8.67. The van der Waals surface area contributed by atoms with Gasteiger partial charge in [0.25, 0.3) is 5.91 Å². The topological polar surface area (TPSA) is 71.3 Å². The van der Waals surface area contributed by atoms with Crippen LogP contribution in [0, 0.1) is 0 Å². The van der Waals surface area contributed by atoms with Crippen molar-refractivity contribution in [2.75, 3.05) is 26.9 Å². The van der Waals surface area contributed by atoms with Gasteiger partial charge < -0.3 is 23.5 Å². The van der Waals surface area contributed by atoms with Crippen LogP contribution in [0.25, 0.3) is 10.2 Å². The Bertz CT molecular complexity index is 1090. The highest BCUT2D eigenvalue weighted by molar-refractivity contribution is 7.16. The summed E-state index contributed by atoms with van der Waals surface area (Å²) in [7, 11) is 1.63. The zero-order chi connectivity index (χ0) is 20.2. The lowest BCUT2D eigenvalue weighted by molar-refractivity contribution is -0.127. The molecule has 4 rings (SSSR count). The summed E-state index contributed by atoms with van der Waals surface area (Å²) in [5, 5.41) is 0. The minimum absolute atomic E-state index is 0.131. The van der Waals surface area contributed by atoms with Gasteiger partial charge in [-0.3, -0.25) is 4.79 Å². The molecule has 0 bridgehead atoms. The molecule has 1 aromatic heterocycles. The van der Waals surface area contributed by atoms with Crippen LogP contribution in [0.4, 0.5) is 0 Å². The fourth-order valence-corrected chi connectivity index (χ4v) is 4.24. The van der Waals surface area contributed by atoms with Crippen molar-refractivity contribution >= 4 is 27.5 Å². The third-order valence-corrected chi connectivity index (χ3v) is 5.58. The molecule has 0 spiro atoms. The monoisotopic (exact) mass is 414 g/mol. The van der Waals surface area contributed by atoms with Crippen molar-refractivity contribution < 1.29 is 23.7 Å². The Kier molecular flexibility index (Phi) is 5.82. The quantitative estimate of drug-likeness (QED) is 0.580. The first-order valence-corrected chi connectivity index (χ1v) is 10.2. The molecule has 29 heavy (non-hydrogen) atoms. The zero-order valence-corrected chi connectivity index (χ0v) is 17.1.